The smallest absolute Gasteiger partial charge is 0.337 e. The van der Waals surface area contributed by atoms with Crippen molar-refractivity contribution < 1.29 is 22.7 Å². The molecule has 2 fully saturated rings. The Morgan fingerprint density at radius 3 is 2.54 bits per heavy atom. The molecule has 41 heavy (non-hydrogen) atoms. The summed E-state index contributed by atoms with van der Waals surface area (Å²) in [5.41, 5.74) is 3.76. The van der Waals surface area contributed by atoms with E-state index >= 15 is 0 Å². The van der Waals surface area contributed by atoms with Gasteiger partial charge in [0.05, 0.1) is 48.7 Å². The minimum absolute atomic E-state index is 0.0988. The molecule has 0 saturated carbocycles. The highest BCUT2D eigenvalue weighted by Gasteiger charge is 2.27. The maximum Gasteiger partial charge on any atom is 0.337 e. The average molecular weight is 576 g/mol. The molecule has 0 radical (unpaired) electrons. The molecule has 0 amide bonds. The number of fused-ring (bicyclic) bond motifs is 1. The van der Waals surface area contributed by atoms with E-state index in [1.54, 1.807) is 42.7 Å². The lowest BCUT2D eigenvalue weighted by Crippen LogP contribution is -2.35. The highest BCUT2D eigenvalue weighted by atomic mass is 32.2. The highest BCUT2D eigenvalue weighted by molar-refractivity contribution is 7.90. The number of methoxy groups -OCH3 is 1. The van der Waals surface area contributed by atoms with E-state index in [-0.39, 0.29) is 28.8 Å². The normalized spacial score (nSPS) is 18.3. The predicted molar refractivity (Wildman–Crippen MR) is 152 cm³/mol. The van der Waals surface area contributed by atoms with Gasteiger partial charge in [-0.25, -0.2) is 23.2 Å². The summed E-state index contributed by atoms with van der Waals surface area (Å²) in [5.74, 6) is 0.662. The molecule has 2 saturated heterocycles. The van der Waals surface area contributed by atoms with Gasteiger partial charge in [0.25, 0.3) is 0 Å². The van der Waals surface area contributed by atoms with Crippen molar-refractivity contribution >= 4 is 26.8 Å². The number of hydrogen-bond acceptors (Lipinski definition) is 9. The second-order valence-corrected chi connectivity index (χ2v) is 12.6. The van der Waals surface area contributed by atoms with E-state index in [1.165, 1.54) is 7.11 Å². The Bertz CT molecular complexity index is 1640. The number of aromatic nitrogens is 4. The number of likely N-dealkylation sites (tertiary alicyclic amines) is 1. The molecule has 0 unspecified atom stereocenters. The largest absolute Gasteiger partial charge is 0.465 e. The minimum atomic E-state index is -3.56. The number of esters is 1. The summed E-state index contributed by atoms with van der Waals surface area (Å²) in [6.45, 7) is 3.83. The number of sulfone groups is 1. The van der Waals surface area contributed by atoms with Crippen LogP contribution in [0, 0.1) is 0 Å². The zero-order valence-corrected chi connectivity index (χ0v) is 23.8. The fourth-order valence-corrected chi connectivity index (χ4v) is 6.87. The molecule has 0 bridgehead atoms. The Labute approximate surface area is 239 Å². The maximum atomic E-state index is 13.0. The van der Waals surface area contributed by atoms with Crippen molar-refractivity contribution in [3.63, 3.8) is 0 Å². The van der Waals surface area contributed by atoms with Gasteiger partial charge < -0.3 is 14.0 Å². The van der Waals surface area contributed by atoms with Crippen LogP contribution in [0.4, 0.5) is 0 Å². The Hall–Kier alpha value is -3.67. The third-order valence-corrected chi connectivity index (χ3v) is 9.55. The third kappa shape index (κ3) is 6.02. The molecule has 2 aliphatic heterocycles. The van der Waals surface area contributed by atoms with E-state index in [0.717, 1.165) is 61.5 Å². The summed E-state index contributed by atoms with van der Waals surface area (Å²) in [6, 6.07) is 14.2. The SMILES string of the molecule is COC(=O)c1ccc2nc(CN3CCC(c4cccc(S(=O)(=O)Cc5ccncc5)n4)CC3)n(C[C@@H]3CCO3)c2c1. The van der Waals surface area contributed by atoms with Crippen molar-refractivity contribution in [2.45, 2.75) is 55.2 Å². The van der Waals surface area contributed by atoms with Crippen LogP contribution >= 0.6 is 0 Å². The van der Waals surface area contributed by atoms with Crippen molar-refractivity contribution in [1.29, 1.82) is 0 Å². The second kappa shape index (κ2) is 11.7. The summed E-state index contributed by atoms with van der Waals surface area (Å²) >= 11 is 0. The monoisotopic (exact) mass is 575 g/mol. The standard InChI is InChI=1S/C30H33N5O5S/c1-39-30(36)23-5-6-26-27(17-23)35(18-24-11-16-40-24)28(32-26)19-34-14-9-22(10-15-34)25-3-2-4-29(33-25)41(37,38)20-21-7-12-31-13-8-21/h2-8,12-13,17,22,24H,9-11,14-16,18-20H2,1H3/t24-/m0/s1. The zero-order chi connectivity index (χ0) is 28.4. The lowest BCUT2D eigenvalue weighted by Gasteiger charge is -2.32. The number of nitrogens with zero attached hydrogens (tertiary/aromatic N) is 5. The van der Waals surface area contributed by atoms with Crippen LogP contribution in [0.3, 0.4) is 0 Å². The van der Waals surface area contributed by atoms with Crippen LogP contribution < -0.4 is 0 Å². The number of benzene rings is 1. The molecule has 1 atom stereocenters. The van der Waals surface area contributed by atoms with E-state index in [4.69, 9.17) is 14.5 Å². The number of hydrogen-bond donors (Lipinski definition) is 0. The minimum Gasteiger partial charge on any atom is -0.465 e. The third-order valence-electron chi connectivity index (χ3n) is 7.97. The number of piperidine rings is 1. The van der Waals surface area contributed by atoms with Crippen molar-refractivity contribution in [2.75, 3.05) is 26.8 Å². The molecule has 10 nitrogen and oxygen atoms in total. The summed E-state index contributed by atoms with van der Waals surface area (Å²) in [6.07, 6.45) is 6.09. The lowest BCUT2D eigenvalue weighted by molar-refractivity contribution is -0.0592. The van der Waals surface area contributed by atoms with Crippen molar-refractivity contribution in [2.24, 2.45) is 0 Å². The van der Waals surface area contributed by atoms with E-state index in [9.17, 15) is 13.2 Å². The van der Waals surface area contributed by atoms with E-state index in [0.29, 0.717) is 24.2 Å². The van der Waals surface area contributed by atoms with Gasteiger partial charge in [0, 0.05) is 30.6 Å². The molecule has 5 heterocycles. The van der Waals surface area contributed by atoms with Gasteiger partial charge in [-0.1, -0.05) is 6.07 Å². The van der Waals surface area contributed by atoms with E-state index in [2.05, 4.69) is 19.4 Å². The summed E-state index contributed by atoms with van der Waals surface area (Å²) in [7, 11) is -2.18. The average Bonchev–Trinajstić information content (AvgIpc) is 3.31. The molecule has 11 heteroatoms. The number of carbonyl (C=O) groups is 1. The quantitative estimate of drug-likeness (QED) is 0.275. The topological polar surface area (TPSA) is 117 Å². The first-order valence-corrected chi connectivity index (χ1v) is 15.5. The van der Waals surface area contributed by atoms with E-state index < -0.39 is 9.84 Å². The molecule has 214 valence electrons. The summed E-state index contributed by atoms with van der Waals surface area (Å²) in [4.78, 5) is 28.0. The van der Waals surface area contributed by atoms with Gasteiger partial charge in [0.2, 0.25) is 0 Å². The van der Waals surface area contributed by atoms with Gasteiger partial charge in [-0.05, 0) is 80.4 Å². The van der Waals surface area contributed by atoms with Gasteiger partial charge >= 0.3 is 5.97 Å². The first-order valence-electron chi connectivity index (χ1n) is 13.9. The summed E-state index contributed by atoms with van der Waals surface area (Å²) in [5, 5.41) is 0.118. The lowest BCUT2D eigenvalue weighted by atomic mass is 9.93. The van der Waals surface area contributed by atoms with Gasteiger partial charge in [0.1, 0.15) is 5.82 Å². The zero-order valence-electron chi connectivity index (χ0n) is 23.0. The predicted octanol–water partition coefficient (Wildman–Crippen LogP) is 3.76. The van der Waals surface area contributed by atoms with Crippen molar-refractivity contribution in [1.82, 2.24) is 24.4 Å². The molecule has 0 aliphatic carbocycles. The van der Waals surface area contributed by atoms with Crippen LogP contribution in [0.15, 0.2) is 66.0 Å². The first-order chi connectivity index (χ1) is 19.9. The molecule has 2 aliphatic rings. The second-order valence-electron chi connectivity index (χ2n) is 10.7. The number of ether oxygens (including phenoxy) is 2. The first kappa shape index (κ1) is 27.5. The van der Waals surface area contributed by atoms with Gasteiger partial charge in [-0.3, -0.25) is 9.88 Å². The van der Waals surface area contributed by atoms with Crippen LogP contribution in [-0.2, 0) is 38.2 Å². The van der Waals surface area contributed by atoms with Gasteiger partial charge in [-0.2, -0.15) is 0 Å². The molecule has 3 aromatic heterocycles. The van der Waals surface area contributed by atoms with Crippen LogP contribution in [0.5, 0.6) is 0 Å². The van der Waals surface area contributed by atoms with Crippen LogP contribution in [0.25, 0.3) is 11.0 Å². The summed E-state index contributed by atoms with van der Waals surface area (Å²) < 4.78 is 38.9. The van der Waals surface area contributed by atoms with Crippen molar-refractivity contribution in [3.8, 4) is 0 Å². The molecule has 4 aromatic rings. The fourth-order valence-electron chi connectivity index (χ4n) is 5.56. The molecule has 0 spiro atoms. The Morgan fingerprint density at radius 1 is 1.05 bits per heavy atom. The van der Waals surface area contributed by atoms with Crippen LogP contribution in [0.1, 0.15) is 52.6 Å². The van der Waals surface area contributed by atoms with Crippen LogP contribution in [-0.4, -0.2) is 71.7 Å². The van der Waals surface area contributed by atoms with Crippen molar-refractivity contribution in [3.05, 3.63) is 83.6 Å². The molecule has 0 N–H and O–H groups in total. The van der Waals surface area contributed by atoms with E-state index in [1.807, 2.05) is 18.2 Å². The number of rotatable bonds is 9. The number of imidazole rings is 1. The number of pyridine rings is 2. The molecular weight excluding hydrogens is 542 g/mol. The maximum absolute atomic E-state index is 13.0. The molecule has 6 rings (SSSR count). The highest BCUT2D eigenvalue weighted by Crippen LogP contribution is 2.30. The van der Waals surface area contributed by atoms with Gasteiger partial charge in [0.15, 0.2) is 14.9 Å². The Morgan fingerprint density at radius 2 is 1.83 bits per heavy atom. The fraction of sp³-hybridized carbons (Fsp3) is 0.400. The molecule has 1 aromatic carbocycles. The number of carbonyl (C=O) groups excluding carboxylic acids is 1. The Balaban J connectivity index is 1.15. The molecular formula is C30H33N5O5S. The van der Waals surface area contributed by atoms with Crippen LogP contribution in [0.2, 0.25) is 0 Å². The van der Waals surface area contributed by atoms with Gasteiger partial charge in [-0.15, -0.1) is 0 Å². The Kier molecular flexibility index (Phi) is 7.83.